The van der Waals surface area contributed by atoms with Crippen molar-refractivity contribution in [2.45, 2.75) is 0 Å². The first-order chi connectivity index (χ1) is 15.4. The zero-order chi connectivity index (χ0) is 22.8. The summed E-state index contributed by atoms with van der Waals surface area (Å²) in [6.45, 7) is 0. The summed E-state index contributed by atoms with van der Waals surface area (Å²) in [5.74, 6) is -0.487. The van der Waals surface area contributed by atoms with Gasteiger partial charge in [0, 0.05) is 11.6 Å². The molecule has 0 aliphatic carbocycles. The van der Waals surface area contributed by atoms with Gasteiger partial charge < -0.3 is 20.5 Å². The number of rotatable bonds is 6. The van der Waals surface area contributed by atoms with Gasteiger partial charge in [-0.1, -0.05) is 41.9 Å². The molecule has 4 aromatic rings. The second-order valence-electron chi connectivity index (χ2n) is 6.68. The van der Waals surface area contributed by atoms with Gasteiger partial charge >= 0.3 is 0 Å². The first-order valence-electron chi connectivity index (χ1n) is 9.39. The quantitative estimate of drug-likeness (QED) is 0.463. The second kappa shape index (κ2) is 8.56. The molecule has 162 valence electrons. The largest absolute Gasteiger partial charge is 0.495 e. The van der Waals surface area contributed by atoms with Gasteiger partial charge in [-0.15, -0.1) is 0 Å². The molecule has 2 aromatic heterocycles. The molecule has 2 amide bonds. The Bertz CT molecular complexity index is 1340. The Morgan fingerprint density at radius 3 is 2.44 bits per heavy atom. The number of methoxy groups -OCH3 is 2. The highest BCUT2D eigenvalue weighted by atomic mass is 35.5. The first-order valence-corrected chi connectivity index (χ1v) is 9.77. The summed E-state index contributed by atoms with van der Waals surface area (Å²) >= 11 is 6.22. The topological polar surface area (TPSA) is 121 Å². The molecule has 32 heavy (non-hydrogen) atoms. The van der Waals surface area contributed by atoms with Crippen molar-refractivity contribution in [2.24, 2.45) is 5.73 Å². The smallest absolute Gasteiger partial charge is 0.272 e. The van der Waals surface area contributed by atoms with Crippen LogP contribution in [0.4, 0.5) is 5.69 Å². The first kappa shape index (κ1) is 21.1. The van der Waals surface area contributed by atoms with Crippen molar-refractivity contribution in [3.05, 3.63) is 71.3 Å². The van der Waals surface area contributed by atoms with Gasteiger partial charge in [0.25, 0.3) is 11.8 Å². The van der Waals surface area contributed by atoms with Gasteiger partial charge in [-0.2, -0.15) is 0 Å². The summed E-state index contributed by atoms with van der Waals surface area (Å²) in [7, 11) is 2.94. The van der Waals surface area contributed by atoms with Crippen LogP contribution in [0.1, 0.15) is 21.0 Å². The predicted molar refractivity (Wildman–Crippen MR) is 119 cm³/mol. The van der Waals surface area contributed by atoms with Crippen LogP contribution in [0.5, 0.6) is 11.5 Å². The highest BCUT2D eigenvalue weighted by molar-refractivity contribution is 6.32. The van der Waals surface area contributed by atoms with E-state index < -0.39 is 11.8 Å². The van der Waals surface area contributed by atoms with Crippen LogP contribution in [0.3, 0.4) is 0 Å². The number of amides is 2. The average molecular weight is 452 g/mol. The number of primary amides is 1. The molecule has 3 N–H and O–H groups in total. The number of imidazole rings is 1. The number of ether oxygens (including phenoxy) is 2. The number of nitrogens with zero attached hydrogens (tertiary/aromatic N) is 3. The summed E-state index contributed by atoms with van der Waals surface area (Å²) in [5.41, 5.74) is 7.33. The molecule has 0 saturated heterocycles. The number of anilines is 1. The standard InChI is InChI=1S/C22H18ClN5O4/c1-31-17-10-18(32-2)15(8-13(17)23)27-22(30)16-9-14(12-6-4-3-5-7-12)26-21-19(20(24)29)25-11-28(16)21/h3-11H,1-2H3,(H2,24,29)(H,27,30). The molecule has 2 aromatic carbocycles. The lowest BCUT2D eigenvalue weighted by Crippen LogP contribution is -2.18. The van der Waals surface area contributed by atoms with E-state index in [1.165, 1.54) is 31.0 Å². The SMILES string of the molecule is COc1cc(OC)c(NC(=O)c2cc(-c3ccccc3)nc3c(C(N)=O)ncn23)cc1Cl. The zero-order valence-electron chi connectivity index (χ0n) is 17.1. The number of nitrogens with two attached hydrogens (primary N) is 1. The maximum Gasteiger partial charge on any atom is 0.272 e. The third-order valence-corrected chi connectivity index (χ3v) is 5.05. The van der Waals surface area contributed by atoms with Gasteiger partial charge in [0.2, 0.25) is 0 Å². The Balaban J connectivity index is 1.84. The third-order valence-electron chi connectivity index (χ3n) is 4.76. The Morgan fingerprint density at radius 2 is 1.78 bits per heavy atom. The molecule has 0 fully saturated rings. The van der Waals surface area contributed by atoms with Crippen molar-refractivity contribution in [1.29, 1.82) is 0 Å². The van der Waals surface area contributed by atoms with E-state index >= 15 is 0 Å². The van der Waals surface area contributed by atoms with Crippen molar-refractivity contribution in [2.75, 3.05) is 19.5 Å². The molecule has 0 bridgehead atoms. The van der Waals surface area contributed by atoms with Crippen molar-refractivity contribution in [3.63, 3.8) is 0 Å². The molecular weight excluding hydrogens is 434 g/mol. The average Bonchev–Trinajstić information content (AvgIpc) is 3.23. The highest BCUT2D eigenvalue weighted by Crippen LogP contribution is 2.36. The molecule has 10 heteroatoms. The summed E-state index contributed by atoms with van der Waals surface area (Å²) < 4.78 is 11.9. The maximum absolute atomic E-state index is 13.3. The lowest BCUT2D eigenvalue weighted by molar-refractivity contribution is 0.0993. The van der Waals surface area contributed by atoms with Crippen LogP contribution in [-0.4, -0.2) is 40.4 Å². The van der Waals surface area contributed by atoms with Crippen LogP contribution in [0.15, 0.2) is 54.9 Å². The van der Waals surface area contributed by atoms with Crippen LogP contribution in [-0.2, 0) is 0 Å². The molecule has 0 atom stereocenters. The summed E-state index contributed by atoms with van der Waals surface area (Å²) in [4.78, 5) is 33.7. The van der Waals surface area contributed by atoms with E-state index in [4.69, 9.17) is 26.8 Å². The fourth-order valence-electron chi connectivity index (χ4n) is 3.22. The molecule has 0 unspecified atom stereocenters. The molecule has 2 heterocycles. The minimum Gasteiger partial charge on any atom is -0.495 e. The Morgan fingerprint density at radius 1 is 1.06 bits per heavy atom. The fourth-order valence-corrected chi connectivity index (χ4v) is 3.46. The number of benzene rings is 2. The molecule has 0 aliphatic heterocycles. The molecule has 0 saturated carbocycles. The van der Waals surface area contributed by atoms with Gasteiger partial charge in [0.15, 0.2) is 11.3 Å². The van der Waals surface area contributed by atoms with Crippen LogP contribution in [0.2, 0.25) is 5.02 Å². The lowest BCUT2D eigenvalue weighted by atomic mass is 10.1. The molecule has 0 spiro atoms. The predicted octanol–water partition coefficient (Wildman–Crippen LogP) is 3.42. The van der Waals surface area contributed by atoms with Crippen LogP contribution in [0.25, 0.3) is 16.9 Å². The molecule has 4 rings (SSSR count). The number of aromatic nitrogens is 3. The minimum atomic E-state index is -0.750. The maximum atomic E-state index is 13.3. The fraction of sp³-hybridized carbons (Fsp3) is 0.0909. The summed E-state index contributed by atoms with van der Waals surface area (Å²) in [6.07, 6.45) is 1.32. The third kappa shape index (κ3) is 3.81. The van der Waals surface area contributed by atoms with E-state index in [1.807, 2.05) is 30.3 Å². The number of carbonyl (C=O) groups excluding carboxylic acids is 2. The van der Waals surface area contributed by atoms with Gasteiger partial charge in [0.05, 0.1) is 30.6 Å². The minimum absolute atomic E-state index is 0.0399. The van der Waals surface area contributed by atoms with Gasteiger partial charge in [0.1, 0.15) is 23.5 Å². The van der Waals surface area contributed by atoms with E-state index in [2.05, 4.69) is 15.3 Å². The van der Waals surface area contributed by atoms with Gasteiger partial charge in [-0.25, -0.2) is 9.97 Å². The molecular formula is C22H18ClN5O4. The van der Waals surface area contributed by atoms with Crippen molar-refractivity contribution in [3.8, 4) is 22.8 Å². The normalized spacial score (nSPS) is 10.7. The summed E-state index contributed by atoms with van der Waals surface area (Å²) in [6, 6.07) is 13.9. The Labute approximate surface area is 187 Å². The van der Waals surface area contributed by atoms with Crippen molar-refractivity contribution < 1.29 is 19.1 Å². The number of halogens is 1. The summed E-state index contributed by atoms with van der Waals surface area (Å²) in [5, 5.41) is 3.08. The van der Waals surface area contributed by atoms with Crippen LogP contribution >= 0.6 is 11.6 Å². The van der Waals surface area contributed by atoms with Gasteiger partial charge in [-0.05, 0) is 12.1 Å². The van der Waals surface area contributed by atoms with E-state index in [-0.39, 0.29) is 17.0 Å². The van der Waals surface area contributed by atoms with Crippen LogP contribution in [0, 0.1) is 0 Å². The zero-order valence-corrected chi connectivity index (χ0v) is 17.9. The Kier molecular flexibility index (Phi) is 5.65. The number of fused-ring (bicyclic) bond motifs is 1. The van der Waals surface area contributed by atoms with Crippen LogP contribution < -0.4 is 20.5 Å². The molecule has 9 nitrogen and oxygen atoms in total. The van der Waals surface area contributed by atoms with E-state index in [0.717, 1.165) is 5.56 Å². The van der Waals surface area contributed by atoms with Gasteiger partial charge in [-0.3, -0.25) is 14.0 Å². The number of hydrogen-bond acceptors (Lipinski definition) is 6. The van der Waals surface area contributed by atoms with E-state index in [0.29, 0.717) is 27.9 Å². The van der Waals surface area contributed by atoms with Crippen molar-refractivity contribution in [1.82, 2.24) is 14.4 Å². The van der Waals surface area contributed by atoms with E-state index in [1.54, 1.807) is 12.1 Å². The number of nitrogens with one attached hydrogen (secondary N) is 1. The lowest BCUT2D eigenvalue weighted by Gasteiger charge is -2.14. The molecule has 0 radical (unpaired) electrons. The number of carbonyl (C=O) groups is 2. The highest BCUT2D eigenvalue weighted by Gasteiger charge is 2.21. The molecule has 0 aliphatic rings. The van der Waals surface area contributed by atoms with E-state index in [9.17, 15) is 9.59 Å². The number of hydrogen-bond donors (Lipinski definition) is 2. The van der Waals surface area contributed by atoms with Crippen molar-refractivity contribution >= 4 is 34.7 Å². The Hall–Kier alpha value is -4.11. The monoisotopic (exact) mass is 451 g/mol. The second-order valence-corrected chi connectivity index (χ2v) is 7.09.